The Balaban J connectivity index is 1.73. The number of carbonyl (C=O) groups excluding carboxylic acids is 2. The summed E-state index contributed by atoms with van der Waals surface area (Å²) >= 11 is 0. The molecule has 1 unspecified atom stereocenters. The van der Waals surface area contributed by atoms with Crippen molar-refractivity contribution in [1.29, 1.82) is 0 Å². The van der Waals surface area contributed by atoms with Crippen molar-refractivity contribution < 1.29 is 23.9 Å². The van der Waals surface area contributed by atoms with Gasteiger partial charge < -0.3 is 19.7 Å². The van der Waals surface area contributed by atoms with Crippen LogP contribution in [0, 0.1) is 6.92 Å². The molecule has 1 saturated heterocycles. The number of aromatic carboxylic acids is 1. The van der Waals surface area contributed by atoms with E-state index in [1.54, 1.807) is 25.1 Å². The Hall–Kier alpha value is -3.09. The largest absolute Gasteiger partial charge is 0.475 e. The summed E-state index contributed by atoms with van der Waals surface area (Å²) in [6, 6.07) is 7.89. The van der Waals surface area contributed by atoms with E-state index in [-0.39, 0.29) is 23.5 Å². The predicted octanol–water partition coefficient (Wildman–Crippen LogP) is 3.55. The standard InChI is InChI=1S/C20H22N2O5/c1-12-11-14(19(24)22-10-4-3-5-13(22)2)6-7-15(12)21-18(23)16-8-9-17(27-16)20(25)26/h6-9,11,13H,3-5,10H2,1-2H3,(H,21,23)(H,25,26). The quantitative estimate of drug-likeness (QED) is 0.857. The van der Waals surface area contributed by atoms with Crippen LogP contribution in [0.4, 0.5) is 5.69 Å². The Labute approximate surface area is 157 Å². The van der Waals surface area contributed by atoms with Crippen molar-refractivity contribution in [2.45, 2.75) is 39.2 Å². The number of hydrogen-bond acceptors (Lipinski definition) is 4. The monoisotopic (exact) mass is 370 g/mol. The molecule has 142 valence electrons. The van der Waals surface area contributed by atoms with Crippen LogP contribution in [-0.2, 0) is 0 Å². The summed E-state index contributed by atoms with van der Waals surface area (Å²) < 4.78 is 5.00. The van der Waals surface area contributed by atoms with E-state index in [0.717, 1.165) is 31.4 Å². The number of nitrogens with one attached hydrogen (secondary N) is 1. The molecule has 27 heavy (non-hydrogen) atoms. The predicted molar refractivity (Wildman–Crippen MR) is 99.1 cm³/mol. The van der Waals surface area contributed by atoms with Gasteiger partial charge in [0, 0.05) is 23.8 Å². The van der Waals surface area contributed by atoms with E-state index in [0.29, 0.717) is 11.3 Å². The van der Waals surface area contributed by atoms with Crippen LogP contribution >= 0.6 is 0 Å². The van der Waals surface area contributed by atoms with Gasteiger partial charge in [-0.1, -0.05) is 0 Å². The van der Waals surface area contributed by atoms with Gasteiger partial charge in [0.05, 0.1) is 0 Å². The van der Waals surface area contributed by atoms with Crippen LogP contribution in [0.3, 0.4) is 0 Å². The van der Waals surface area contributed by atoms with Crippen molar-refractivity contribution in [3.63, 3.8) is 0 Å². The SMILES string of the molecule is Cc1cc(C(=O)N2CCCCC2C)ccc1NC(=O)c1ccc(C(=O)O)o1. The van der Waals surface area contributed by atoms with E-state index in [9.17, 15) is 14.4 Å². The number of amides is 2. The average molecular weight is 370 g/mol. The number of aryl methyl sites for hydroxylation is 1. The lowest BCUT2D eigenvalue weighted by Crippen LogP contribution is -2.42. The van der Waals surface area contributed by atoms with Gasteiger partial charge in [0.2, 0.25) is 5.76 Å². The second-order valence-corrected chi connectivity index (χ2v) is 6.80. The summed E-state index contributed by atoms with van der Waals surface area (Å²) in [7, 11) is 0. The molecule has 1 aliphatic heterocycles. The zero-order chi connectivity index (χ0) is 19.6. The molecule has 1 aromatic carbocycles. The molecule has 2 heterocycles. The molecule has 2 N–H and O–H groups in total. The minimum Gasteiger partial charge on any atom is -0.475 e. The molecule has 7 nitrogen and oxygen atoms in total. The van der Waals surface area contributed by atoms with Gasteiger partial charge >= 0.3 is 5.97 Å². The summed E-state index contributed by atoms with van der Waals surface area (Å²) in [5.74, 6) is -2.17. The highest BCUT2D eigenvalue weighted by molar-refractivity contribution is 6.04. The fourth-order valence-corrected chi connectivity index (χ4v) is 3.26. The molecule has 0 spiro atoms. The number of nitrogens with zero attached hydrogens (tertiary/aromatic N) is 1. The van der Waals surface area contributed by atoms with E-state index >= 15 is 0 Å². The third-order valence-electron chi connectivity index (χ3n) is 4.83. The molecule has 2 aromatic rings. The number of carboxylic acid groups (broad SMARTS) is 1. The topological polar surface area (TPSA) is 99.9 Å². The summed E-state index contributed by atoms with van der Waals surface area (Å²) in [5, 5.41) is 11.5. The van der Waals surface area contributed by atoms with Gasteiger partial charge in [-0.05, 0) is 69.0 Å². The first-order chi connectivity index (χ1) is 12.9. The van der Waals surface area contributed by atoms with Crippen molar-refractivity contribution >= 4 is 23.5 Å². The smallest absolute Gasteiger partial charge is 0.371 e. The molecule has 0 aliphatic carbocycles. The van der Waals surface area contributed by atoms with Gasteiger partial charge in [-0.2, -0.15) is 0 Å². The fraction of sp³-hybridized carbons (Fsp3) is 0.350. The normalized spacial score (nSPS) is 16.8. The molecular formula is C20H22N2O5. The number of piperidine rings is 1. The fourth-order valence-electron chi connectivity index (χ4n) is 3.26. The maximum Gasteiger partial charge on any atom is 0.371 e. The molecule has 1 fully saturated rings. The number of rotatable bonds is 4. The van der Waals surface area contributed by atoms with E-state index in [2.05, 4.69) is 12.2 Å². The molecule has 2 amide bonds. The number of furan rings is 1. The zero-order valence-electron chi connectivity index (χ0n) is 15.3. The molecule has 0 radical (unpaired) electrons. The number of anilines is 1. The first kappa shape index (κ1) is 18.7. The number of hydrogen-bond donors (Lipinski definition) is 2. The van der Waals surface area contributed by atoms with Crippen molar-refractivity contribution in [2.24, 2.45) is 0 Å². The lowest BCUT2D eigenvalue weighted by atomic mass is 10.0. The number of benzene rings is 1. The van der Waals surface area contributed by atoms with Crippen LogP contribution < -0.4 is 5.32 Å². The van der Waals surface area contributed by atoms with E-state index in [1.807, 2.05) is 4.90 Å². The lowest BCUT2D eigenvalue weighted by molar-refractivity contribution is 0.0632. The van der Waals surface area contributed by atoms with Gasteiger partial charge in [0.1, 0.15) is 0 Å². The highest BCUT2D eigenvalue weighted by atomic mass is 16.4. The summed E-state index contributed by atoms with van der Waals surface area (Å²) in [5.41, 5.74) is 1.87. The van der Waals surface area contributed by atoms with Gasteiger partial charge in [-0.15, -0.1) is 0 Å². The van der Waals surface area contributed by atoms with Gasteiger partial charge in [0.15, 0.2) is 5.76 Å². The van der Waals surface area contributed by atoms with Gasteiger partial charge in [-0.3, -0.25) is 9.59 Å². The van der Waals surface area contributed by atoms with Crippen LogP contribution in [0.5, 0.6) is 0 Å². The maximum absolute atomic E-state index is 12.8. The highest BCUT2D eigenvalue weighted by Gasteiger charge is 2.24. The highest BCUT2D eigenvalue weighted by Crippen LogP contribution is 2.23. The molecular weight excluding hydrogens is 348 g/mol. The van der Waals surface area contributed by atoms with E-state index in [1.165, 1.54) is 12.1 Å². The van der Waals surface area contributed by atoms with E-state index in [4.69, 9.17) is 9.52 Å². The number of likely N-dealkylation sites (tertiary alicyclic amines) is 1. The average Bonchev–Trinajstić information content (AvgIpc) is 3.14. The number of carboxylic acids is 1. The van der Waals surface area contributed by atoms with Gasteiger partial charge in [-0.25, -0.2) is 4.79 Å². The lowest BCUT2D eigenvalue weighted by Gasteiger charge is -2.33. The van der Waals surface area contributed by atoms with Crippen molar-refractivity contribution in [1.82, 2.24) is 4.90 Å². The van der Waals surface area contributed by atoms with Crippen molar-refractivity contribution in [3.05, 3.63) is 53.0 Å². The molecule has 7 heteroatoms. The second-order valence-electron chi connectivity index (χ2n) is 6.80. The van der Waals surface area contributed by atoms with Crippen LogP contribution in [0.1, 0.15) is 63.2 Å². The number of carbonyl (C=O) groups is 3. The minimum atomic E-state index is -1.24. The first-order valence-corrected chi connectivity index (χ1v) is 8.93. The van der Waals surface area contributed by atoms with Crippen LogP contribution in [0.25, 0.3) is 0 Å². The molecule has 1 atom stereocenters. The Morgan fingerprint density at radius 3 is 2.52 bits per heavy atom. The third-order valence-corrected chi connectivity index (χ3v) is 4.83. The van der Waals surface area contributed by atoms with Crippen LogP contribution in [0.15, 0.2) is 34.7 Å². The third kappa shape index (κ3) is 4.02. The Kier molecular flexibility index (Phi) is 5.30. The maximum atomic E-state index is 12.8. The molecule has 1 aliphatic rings. The van der Waals surface area contributed by atoms with Crippen LogP contribution in [-0.4, -0.2) is 40.4 Å². The first-order valence-electron chi connectivity index (χ1n) is 8.93. The van der Waals surface area contributed by atoms with Crippen LogP contribution in [0.2, 0.25) is 0 Å². The zero-order valence-corrected chi connectivity index (χ0v) is 15.3. The van der Waals surface area contributed by atoms with Crippen molar-refractivity contribution in [3.8, 4) is 0 Å². The van der Waals surface area contributed by atoms with E-state index < -0.39 is 11.9 Å². The Morgan fingerprint density at radius 2 is 1.89 bits per heavy atom. The molecule has 3 rings (SSSR count). The molecule has 0 bridgehead atoms. The Bertz CT molecular complexity index is 886. The summed E-state index contributed by atoms with van der Waals surface area (Å²) in [4.78, 5) is 37.7. The minimum absolute atomic E-state index is 0.000288. The summed E-state index contributed by atoms with van der Waals surface area (Å²) in [6.45, 7) is 4.63. The second kappa shape index (κ2) is 7.65. The summed E-state index contributed by atoms with van der Waals surface area (Å²) in [6.07, 6.45) is 3.18. The Morgan fingerprint density at radius 1 is 1.15 bits per heavy atom. The van der Waals surface area contributed by atoms with Crippen molar-refractivity contribution in [2.75, 3.05) is 11.9 Å². The molecule has 0 saturated carbocycles. The molecule has 1 aromatic heterocycles. The van der Waals surface area contributed by atoms with Gasteiger partial charge in [0.25, 0.3) is 11.8 Å².